The average Bonchev–Trinajstić information content (AvgIpc) is 2.64. The molecule has 3 rings (SSSR count). The van der Waals surface area contributed by atoms with E-state index in [-0.39, 0.29) is 17.1 Å². The second kappa shape index (κ2) is 3.36. The van der Waals surface area contributed by atoms with Crippen LogP contribution in [0.15, 0.2) is 28.7 Å². The van der Waals surface area contributed by atoms with E-state index in [0.29, 0.717) is 11.0 Å². The highest BCUT2D eigenvalue weighted by molar-refractivity contribution is 6.23. The van der Waals surface area contributed by atoms with Crippen LogP contribution < -0.4 is 0 Å². The van der Waals surface area contributed by atoms with E-state index in [1.54, 1.807) is 12.1 Å². The van der Waals surface area contributed by atoms with Crippen LogP contribution in [0.1, 0.15) is 24.2 Å². The topological polar surface area (TPSA) is 13.1 Å². The van der Waals surface area contributed by atoms with Gasteiger partial charge in [-0.15, -0.1) is 11.6 Å². The lowest BCUT2D eigenvalue weighted by Crippen LogP contribution is -2.10. The number of alkyl halides is 1. The van der Waals surface area contributed by atoms with Gasteiger partial charge in [0, 0.05) is 11.5 Å². The number of fused-ring (bicyclic) bond motifs is 3. The summed E-state index contributed by atoms with van der Waals surface area (Å²) in [5.41, 5.74) is 1.42. The minimum absolute atomic E-state index is 0.0773. The fraction of sp³-hybridized carbons (Fsp3) is 0.231. The fourth-order valence-electron chi connectivity index (χ4n) is 2.15. The molecule has 82 valence electrons. The van der Waals surface area contributed by atoms with Gasteiger partial charge in [0.05, 0.1) is 10.8 Å². The summed E-state index contributed by atoms with van der Waals surface area (Å²) in [4.78, 5) is 0. The van der Waals surface area contributed by atoms with Gasteiger partial charge in [0.25, 0.3) is 0 Å². The Hall–Kier alpha value is -1.28. The summed E-state index contributed by atoms with van der Waals surface area (Å²) in [5.74, 6) is 0.614. The van der Waals surface area contributed by atoms with Crippen molar-refractivity contribution < 1.29 is 8.81 Å². The van der Waals surface area contributed by atoms with Crippen molar-refractivity contribution in [3.05, 3.63) is 41.4 Å². The molecule has 0 fully saturated rings. The molecule has 1 aromatic carbocycles. The van der Waals surface area contributed by atoms with Crippen LogP contribution >= 0.6 is 11.6 Å². The summed E-state index contributed by atoms with van der Waals surface area (Å²) in [5, 5.41) is 0.472. The zero-order valence-corrected chi connectivity index (χ0v) is 9.46. The largest absolute Gasteiger partial charge is 0.460 e. The van der Waals surface area contributed by atoms with E-state index < -0.39 is 0 Å². The highest BCUT2D eigenvalue weighted by atomic mass is 35.5. The van der Waals surface area contributed by atoms with Gasteiger partial charge in [0.1, 0.15) is 17.2 Å². The summed E-state index contributed by atoms with van der Waals surface area (Å²) >= 11 is 6.12. The van der Waals surface area contributed by atoms with E-state index >= 15 is 0 Å². The van der Waals surface area contributed by atoms with E-state index in [1.165, 1.54) is 6.07 Å². The van der Waals surface area contributed by atoms with Gasteiger partial charge >= 0.3 is 0 Å². The van der Waals surface area contributed by atoms with Crippen LogP contribution in [0.2, 0.25) is 0 Å². The van der Waals surface area contributed by atoms with Gasteiger partial charge < -0.3 is 4.42 Å². The standard InChI is InChI=1S/C13H10ClFO/c1-7-9(14)6-5-8-12-10(15)3-2-4-11(12)16-13(7)8/h2-7,9H,1H3/t7?,9-/m0/s1. The lowest BCUT2D eigenvalue weighted by atomic mass is 9.93. The minimum atomic E-state index is -0.243. The SMILES string of the molecule is CC1c2oc3cccc(F)c3c2C=C[C@@H]1Cl. The number of allylic oxidation sites excluding steroid dienone is 1. The Morgan fingerprint density at radius 3 is 3.00 bits per heavy atom. The molecule has 1 nitrogen and oxygen atoms in total. The van der Waals surface area contributed by atoms with Gasteiger partial charge in [0.15, 0.2) is 0 Å². The predicted octanol–water partition coefficient (Wildman–Crippen LogP) is 4.31. The third kappa shape index (κ3) is 1.23. The first-order chi connectivity index (χ1) is 7.68. The number of halogens is 2. The summed E-state index contributed by atoms with van der Waals surface area (Å²) < 4.78 is 19.4. The Labute approximate surface area is 97.5 Å². The smallest absolute Gasteiger partial charge is 0.137 e. The zero-order valence-electron chi connectivity index (χ0n) is 8.71. The predicted molar refractivity (Wildman–Crippen MR) is 63.3 cm³/mol. The Bertz CT molecular complexity index is 585. The molecule has 1 unspecified atom stereocenters. The van der Waals surface area contributed by atoms with Crippen LogP contribution in [0.25, 0.3) is 17.0 Å². The van der Waals surface area contributed by atoms with Crippen molar-refractivity contribution in [2.45, 2.75) is 18.2 Å². The van der Waals surface area contributed by atoms with Crippen molar-refractivity contribution in [2.75, 3.05) is 0 Å². The molecule has 0 radical (unpaired) electrons. The summed E-state index contributed by atoms with van der Waals surface area (Å²) in [6.07, 6.45) is 3.73. The molecule has 1 heterocycles. The van der Waals surface area contributed by atoms with E-state index in [9.17, 15) is 4.39 Å². The normalized spacial score (nSPS) is 23.7. The van der Waals surface area contributed by atoms with Crippen molar-refractivity contribution in [3.63, 3.8) is 0 Å². The quantitative estimate of drug-likeness (QED) is 0.622. The first-order valence-electron chi connectivity index (χ1n) is 5.21. The van der Waals surface area contributed by atoms with E-state index in [4.69, 9.17) is 16.0 Å². The van der Waals surface area contributed by atoms with Gasteiger partial charge in [0.2, 0.25) is 0 Å². The van der Waals surface area contributed by atoms with Crippen LogP contribution in [0.5, 0.6) is 0 Å². The zero-order chi connectivity index (χ0) is 11.3. The minimum Gasteiger partial charge on any atom is -0.460 e. The summed E-state index contributed by atoms with van der Waals surface area (Å²) in [7, 11) is 0. The molecule has 1 aliphatic carbocycles. The number of rotatable bonds is 0. The Morgan fingerprint density at radius 2 is 2.19 bits per heavy atom. The van der Waals surface area contributed by atoms with Crippen LogP contribution in [0.3, 0.4) is 0 Å². The van der Waals surface area contributed by atoms with Crippen molar-refractivity contribution in [2.24, 2.45) is 0 Å². The van der Waals surface area contributed by atoms with Crippen LogP contribution in [-0.4, -0.2) is 5.38 Å². The molecular formula is C13H10ClFO. The van der Waals surface area contributed by atoms with Crippen LogP contribution in [0.4, 0.5) is 4.39 Å². The monoisotopic (exact) mass is 236 g/mol. The van der Waals surface area contributed by atoms with Gasteiger partial charge in [-0.05, 0) is 12.1 Å². The molecule has 2 aromatic rings. The maximum Gasteiger partial charge on any atom is 0.137 e. The third-order valence-corrected chi connectivity index (χ3v) is 3.59. The van der Waals surface area contributed by atoms with Crippen molar-refractivity contribution in [3.8, 4) is 0 Å². The second-order valence-electron chi connectivity index (χ2n) is 4.09. The van der Waals surface area contributed by atoms with E-state index in [1.807, 2.05) is 19.1 Å². The second-order valence-corrected chi connectivity index (χ2v) is 4.59. The summed E-state index contributed by atoms with van der Waals surface area (Å²) in [6, 6.07) is 4.88. The van der Waals surface area contributed by atoms with Crippen LogP contribution in [0, 0.1) is 5.82 Å². The molecule has 3 heteroatoms. The van der Waals surface area contributed by atoms with Gasteiger partial charge in [-0.25, -0.2) is 4.39 Å². The Morgan fingerprint density at radius 1 is 1.38 bits per heavy atom. The highest BCUT2D eigenvalue weighted by Crippen LogP contribution is 2.39. The molecule has 1 aliphatic rings. The molecular weight excluding hydrogens is 227 g/mol. The molecule has 1 aromatic heterocycles. The van der Waals surface area contributed by atoms with Crippen molar-refractivity contribution in [1.82, 2.24) is 0 Å². The van der Waals surface area contributed by atoms with Crippen molar-refractivity contribution in [1.29, 1.82) is 0 Å². The molecule has 2 atom stereocenters. The molecule has 0 N–H and O–H groups in total. The number of benzene rings is 1. The highest BCUT2D eigenvalue weighted by Gasteiger charge is 2.27. The van der Waals surface area contributed by atoms with Gasteiger partial charge in [-0.2, -0.15) is 0 Å². The average molecular weight is 237 g/mol. The maximum absolute atomic E-state index is 13.7. The van der Waals surface area contributed by atoms with E-state index in [0.717, 1.165) is 11.3 Å². The summed E-state index contributed by atoms with van der Waals surface area (Å²) in [6.45, 7) is 1.99. The Kier molecular flexibility index (Phi) is 2.08. The number of hydrogen-bond donors (Lipinski definition) is 0. The molecule has 0 saturated heterocycles. The molecule has 0 bridgehead atoms. The molecule has 16 heavy (non-hydrogen) atoms. The first-order valence-corrected chi connectivity index (χ1v) is 5.65. The lowest BCUT2D eigenvalue weighted by molar-refractivity contribution is 0.506. The molecule has 0 amide bonds. The molecule has 0 spiro atoms. The first kappa shape index (κ1) is 9.91. The Balaban J connectivity index is 2.37. The fourth-order valence-corrected chi connectivity index (χ4v) is 2.34. The molecule has 0 saturated carbocycles. The van der Waals surface area contributed by atoms with Crippen molar-refractivity contribution >= 4 is 28.6 Å². The molecule has 0 aliphatic heterocycles. The lowest BCUT2D eigenvalue weighted by Gasteiger charge is -2.17. The van der Waals surface area contributed by atoms with Gasteiger partial charge in [-0.1, -0.05) is 25.1 Å². The third-order valence-electron chi connectivity index (χ3n) is 3.07. The van der Waals surface area contributed by atoms with E-state index in [2.05, 4.69) is 0 Å². The number of hydrogen-bond acceptors (Lipinski definition) is 1. The number of furan rings is 1. The van der Waals surface area contributed by atoms with Gasteiger partial charge in [-0.3, -0.25) is 0 Å². The van der Waals surface area contributed by atoms with Crippen LogP contribution in [-0.2, 0) is 0 Å². The maximum atomic E-state index is 13.7.